The number of thiophene rings is 1. The molecule has 1 N–H and O–H groups in total. The molecule has 122 valence electrons. The SMILES string of the molecule is CCOC(=O)c1c(NC(=O)C(C)C)sc2c1COC(C)(C)C2. The molecule has 6 heteroatoms. The maximum atomic E-state index is 12.3. The number of hydrogen-bond acceptors (Lipinski definition) is 5. The molecule has 22 heavy (non-hydrogen) atoms. The van der Waals surface area contributed by atoms with Crippen LogP contribution in [0.2, 0.25) is 0 Å². The average Bonchev–Trinajstić information content (AvgIpc) is 2.74. The minimum absolute atomic E-state index is 0.107. The highest BCUT2D eigenvalue weighted by Crippen LogP contribution is 2.40. The van der Waals surface area contributed by atoms with Crippen molar-refractivity contribution < 1.29 is 19.1 Å². The summed E-state index contributed by atoms with van der Waals surface area (Å²) in [7, 11) is 0. The molecule has 0 bridgehead atoms. The molecule has 1 aromatic heterocycles. The highest BCUT2D eigenvalue weighted by atomic mass is 32.1. The highest BCUT2D eigenvalue weighted by molar-refractivity contribution is 7.17. The zero-order valence-electron chi connectivity index (χ0n) is 13.7. The van der Waals surface area contributed by atoms with Crippen LogP contribution >= 0.6 is 11.3 Å². The van der Waals surface area contributed by atoms with Crippen molar-refractivity contribution in [1.82, 2.24) is 0 Å². The minimum Gasteiger partial charge on any atom is -0.462 e. The molecule has 0 radical (unpaired) electrons. The van der Waals surface area contributed by atoms with Crippen LogP contribution in [0.3, 0.4) is 0 Å². The molecular formula is C16H23NO4S. The van der Waals surface area contributed by atoms with Crippen molar-refractivity contribution >= 4 is 28.2 Å². The van der Waals surface area contributed by atoms with E-state index in [1.54, 1.807) is 6.92 Å². The Morgan fingerprint density at radius 3 is 2.68 bits per heavy atom. The quantitative estimate of drug-likeness (QED) is 0.862. The molecule has 0 aromatic carbocycles. The van der Waals surface area contributed by atoms with E-state index in [2.05, 4.69) is 5.32 Å². The van der Waals surface area contributed by atoms with Crippen LogP contribution in [0.15, 0.2) is 0 Å². The third-order valence-electron chi connectivity index (χ3n) is 3.52. The normalized spacial score (nSPS) is 16.3. The van der Waals surface area contributed by atoms with Gasteiger partial charge in [-0.05, 0) is 20.8 Å². The van der Waals surface area contributed by atoms with Gasteiger partial charge in [0.25, 0.3) is 0 Å². The lowest BCUT2D eigenvalue weighted by Gasteiger charge is -2.30. The first-order valence-corrected chi connectivity index (χ1v) is 8.33. The molecule has 2 rings (SSSR count). The number of rotatable bonds is 4. The van der Waals surface area contributed by atoms with Gasteiger partial charge in [0.2, 0.25) is 5.91 Å². The molecule has 0 spiro atoms. The Bertz CT molecular complexity index is 589. The number of nitrogens with one attached hydrogen (secondary N) is 1. The highest BCUT2D eigenvalue weighted by Gasteiger charge is 2.34. The molecule has 0 aliphatic carbocycles. The summed E-state index contributed by atoms with van der Waals surface area (Å²) in [4.78, 5) is 25.4. The van der Waals surface area contributed by atoms with Gasteiger partial charge in [0.15, 0.2) is 0 Å². The lowest BCUT2D eigenvalue weighted by molar-refractivity contribution is -0.118. The Kier molecular flexibility index (Phi) is 4.92. The van der Waals surface area contributed by atoms with Crippen LogP contribution in [0.25, 0.3) is 0 Å². The van der Waals surface area contributed by atoms with E-state index in [9.17, 15) is 9.59 Å². The zero-order valence-corrected chi connectivity index (χ0v) is 14.6. The fourth-order valence-electron chi connectivity index (χ4n) is 2.28. The summed E-state index contributed by atoms with van der Waals surface area (Å²) in [5.41, 5.74) is 1.04. The Hall–Kier alpha value is -1.40. The van der Waals surface area contributed by atoms with E-state index >= 15 is 0 Å². The molecule has 0 saturated heterocycles. The second kappa shape index (κ2) is 6.38. The average molecular weight is 325 g/mol. The Balaban J connectivity index is 2.41. The maximum absolute atomic E-state index is 12.3. The van der Waals surface area contributed by atoms with Crippen LogP contribution in [0, 0.1) is 5.92 Å². The maximum Gasteiger partial charge on any atom is 0.341 e. The Labute approximate surface area is 135 Å². The van der Waals surface area contributed by atoms with Gasteiger partial charge in [-0.3, -0.25) is 4.79 Å². The summed E-state index contributed by atoms with van der Waals surface area (Å²) in [6, 6.07) is 0. The molecule has 1 aliphatic heterocycles. The standard InChI is InChI=1S/C16H23NO4S/c1-6-20-15(19)12-10-8-21-16(4,5)7-11(10)22-14(12)17-13(18)9(2)3/h9H,6-8H2,1-5H3,(H,17,18). The van der Waals surface area contributed by atoms with E-state index in [0.717, 1.165) is 16.9 Å². The third kappa shape index (κ3) is 3.50. The van der Waals surface area contributed by atoms with Gasteiger partial charge in [-0.2, -0.15) is 0 Å². The Morgan fingerprint density at radius 2 is 2.09 bits per heavy atom. The summed E-state index contributed by atoms with van der Waals surface area (Å²) in [6.45, 7) is 10.1. The zero-order chi connectivity index (χ0) is 16.5. The second-order valence-corrected chi connectivity index (χ2v) is 7.40. The Morgan fingerprint density at radius 1 is 1.41 bits per heavy atom. The monoisotopic (exact) mass is 325 g/mol. The van der Waals surface area contributed by atoms with Crippen molar-refractivity contribution in [3.63, 3.8) is 0 Å². The van der Waals surface area contributed by atoms with Gasteiger partial charge in [-0.15, -0.1) is 11.3 Å². The lowest BCUT2D eigenvalue weighted by Crippen LogP contribution is -2.31. The lowest BCUT2D eigenvalue weighted by atomic mass is 9.96. The van der Waals surface area contributed by atoms with Gasteiger partial charge >= 0.3 is 5.97 Å². The van der Waals surface area contributed by atoms with Crippen LogP contribution in [0.1, 0.15) is 55.4 Å². The molecule has 5 nitrogen and oxygen atoms in total. The van der Waals surface area contributed by atoms with Crippen LogP contribution in [-0.4, -0.2) is 24.1 Å². The largest absolute Gasteiger partial charge is 0.462 e. The fourth-order valence-corrected chi connectivity index (χ4v) is 3.69. The van der Waals surface area contributed by atoms with E-state index < -0.39 is 5.97 Å². The number of hydrogen-bond donors (Lipinski definition) is 1. The molecule has 1 aromatic rings. The third-order valence-corrected chi connectivity index (χ3v) is 4.67. The molecule has 0 saturated carbocycles. The second-order valence-electron chi connectivity index (χ2n) is 6.30. The molecule has 0 unspecified atom stereocenters. The van der Waals surface area contributed by atoms with Crippen molar-refractivity contribution in [1.29, 1.82) is 0 Å². The molecule has 0 atom stereocenters. The fraction of sp³-hybridized carbons (Fsp3) is 0.625. The summed E-state index contributed by atoms with van der Waals surface area (Å²) in [5, 5.41) is 3.43. The number of esters is 1. The van der Waals surface area contributed by atoms with Crippen LogP contribution in [0.4, 0.5) is 5.00 Å². The first kappa shape index (κ1) is 17.0. The van der Waals surface area contributed by atoms with Gasteiger partial charge < -0.3 is 14.8 Å². The molecular weight excluding hydrogens is 302 g/mol. The van der Waals surface area contributed by atoms with E-state index in [4.69, 9.17) is 9.47 Å². The summed E-state index contributed by atoms with van der Waals surface area (Å²) < 4.78 is 11.0. The summed E-state index contributed by atoms with van der Waals surface area (Å²) >= 11 is 1.45. The summed E-state index contributed by atoms with van der Waals surface area (Å²) in [6.07, 6.45) is 0.719. The van der Waals surface area contributed by atoms with Gasteiger partial charge in [-0.1, -0.05) is 13.8 Å². The predicted octanol–water partition coefficient (Wildman–Crippen LogP) is 3.37. The number of ether oxygens (including phenoxy) is 2. The van der Waals surface area contributed by atoms with Crippen molar-refractivity contribution in [2.45, 2.75) is 53.2 Å². The number of carbonyl (C=O) groups excluding carboxylic acids is 2. The molecule has 2 heterocycles. The van der Waals surface area contributed by atoms with E-state index in [0.29, 0.717) is 23.8 Å². The van der Waals surface area contributed by atoms with Gasteiger partial charge in [0.1, 0.15) is 10.6 Å². The van der Waals surface area contributed by atoms with Crippen LogP contribution in [0.5, 0.6) is 0 Å². The van der Waals surface area contributed by atoms with Gasteiger partial charge in [0, 0.05) is 22.8 Å². The van der Waals surface area contributed by atoms with Crippen molar-refractivity contribution in [3.05, 3.63) is 16.0 Å². The van der Waals surface area contributed by atoms with E-state index in [-0.39, 0.29) is 17.4 Å². The van der Waals surface area contributed by atoms with E-state index in [1.165, 1.54) is 11.3 Å². The molecule has 0 fully saturated rings. The van der Waals surface area contributed by atoms with E-state index in [1.807, 2.05) is 27.7 Å². The van der Waals surface area contributed by atoms with Gasteiger partial charge in [0.05, 0.1) is 18.8 Å². The molecule has 1 amide bonds. The molecule has 1 aliphatic rings. The number of anilines is 1. The minimum atomic E-state index is -0.401. The summed E-state index contributed by atoms with van der Waals surface area (Å²) in [5.74, 6) is -0.659. The van der Waals surface area contributed by atoms with Crippen molar-refractivity contribution in [3.8, 4) is 0 Å². The number of amides is 1. The van der Waals surface area contributed by atoms with Crippen molar-refractivity contribution in [2.24, 2.45) is 5.92 Å². The topological polar surface area (TPSA) is 64.6 Å². The number of carbonyl (C=O) groups is 2. The first-order chi connectivity index (χ1) is 10.2. The van der Waals surface area contributed by atoms with Crippen LogP contribution < -0.4 is 5.32 Å². The van der Waals surface area contributed by atoms with Crippen LogP contribution in [-0.2, 0) is 27.3 Å². The predicted molar refractivity (Wildman–Crippen MR) is 86.3 cm³/mol. The first-order valence-electron chi connectivity index (χ1n) is 7.51. The van der Waals surface area contributed by atoms with Gasteiger partial charge in [-0.25, -0.2) is 4.79 Å². The van der Waals surface area contributed by atoms with Crippen molar-refractivity contribution in [2.75, 3.05) is 11.9 Å². The number of fused-ring (bicyclic) bond motifs is 1. The smallest absolute Gasteiger partial charge is 0.341 e.